The van der Waals surface area contributed by atoms with Crippen molar-refractivity contribution in [1.29, 1.82) is 0 Å². The first-order valence-corrected chi connectivity index (χ1v) is 6.09. The average Bonchev–Trinajstić information content (AvgIpc) is 2.45. The Morgan fingerprint density at radius 1 is 1.24 bits per heavy atom. The first kappa shape index (κ1) is 17.0. The van der Waals surface area contributed by atoms with Crippen molar-refractivity contribution in [2.75, 3.05) is 5.43 Å². The Hall–Kier alpha value is -2.07. The van der Waals surface area contributed by atoms with Gasteiger partial charge >= 0.3 is 0 Å². The molecular formula is C12H17N3O6. The number of hydrazone groups is 1. The summed E-state index contributed by atoms with van der Waals surface area (Å²) in [7, 11) is 0. The van der Waals surface area contributed by atoms with Crippen molar-refractivity contribution >= 4 is 17.6 Å². The lowest BCUT2D eigenvalue weighted by Gasteiger charge is -2.22. The third-order valence-corrected chi connectivity index (χ3v) is 2.71. The predicted molar refractivity (Wildman–Crippen MR) is 74.9 cm³/mol. The van der Waals surface area contributed by atoms with Crippen LogP contribution in [-0.2, 0) is 0 Å². The fraction of sp³-hybridized carbons (Fsp3) is 0.417. The second kappa shape index (κ2) is 7.64. The molecule has 0 fully saturated rings. The van der Waals surface area contributed by atoms with E-state index in [0.29, 0.717) is 0 Å². The van der Waals surface area contributed by atoms with E-state index in [9.17, 15) is 25.4 Å². The molecule has 0 aliphatic heterocycles. The highest BCUT2D eigenvalue weighted by Crippen LogP contribution is 2.22. The summed E-state index contributed by atoms with van der Waals surface area (Å²) >= 11 is 0. The highest BCUT2D eigenvalue weighted by atomic mass is 16.6. The van der Waals surface area contributed by atoms with Crippen molar-refractivity contribution in [3.05, 3.63) is 34.4 Å². The summed E-state index contributed by atoms with van der Waals surface area (Å²) in [5.74, 6) is 0. The van der Waals surface area contributed by atoms with E-state index in [0.717, 1.165) is 6.21 Å². The van der Waals surface area contributed by atoms with Gasteiger partial charge in [-0.25, -0.2) is 0 Å². The molecule has 0 unspecified atom stereocenters. The minimum Gasteiger partial charge on any atom is -0.391 e. The molecule has 0 aliphatic rings. The fourth-order valence-electron chi connectivity index (χ4n) is 1.49. The molecule has 0 aromatic heterocycles. The number of anilines is 1. The molecule has 0 amide bonds. The molecule has 0 bridgehead atoms. The molecule has 21 heavy (non-hydrogen) atoms. The maximum Gasteiger partial charge on any atom is 0.294 e. The summed E-state index contributed by atoms with van der Waals surface area (Å²) in [6, 6.07) is 5.75. The largest absolute Gasteiger partial charge is 0.391 e. The summed E-state index contributed by atoms with van der Waals surface area (Å²) in [6.45, 7) is 1.25. The van der Waals surface area contributed by atoms with Crippen molar-refractivity contribution < 1.29 is 25.3 Å². The third-order valence-electron chi connectivity index (χ3n) is 2.71. The molecule has 0 radical (unpaired) electrons. The van der Waals surface area contributed by atoms with Gasteiger partial charge in [0.25, 0.3) is 5.69 Å². The molecule has 0 saturated heterocycles. The Bertz CT molecular complexity index is 508. The normalized spacial score (nSPS) is 17.2. The molecule has 0 aliphatic carbocycles. The van der Waals surface area contributed by atoms with Crippen LogP contribution in [-0.4, -0.2) is 56.0 Å². The molecule has 9 heteroatoms. The summed E-state index contributed by atoms with van der Waals surface area (Å²) < 4.78 is 0. The van der Waals surface area contributed by atoms with Crippen molar-refractivity contribution in [3.8, 4) is 0 Å². The van der Waals surface area contributed by atoms with E-state index in [1.807, 2.05) is 0 Å². The van der Waals surface area contributed by atoms with E-state index >= 15 is 0 Å². The monoisotopic (exact) mass is 299 g/mol. The average molecular weight is 299 g/mol. The number of nitro groups is 1. The zero-order valence-corrected chi connectivity index (χ0v) is 11.2. The van der Waals surface area contributed by atoms with Crippen LogP contribution in [0.15, 0.2) is 29.4 Å². The van der Waals surface area contributed by atoms with Crippen molar-refractivity contribution in [3.63, 3.8) is 0 Å². The summed E-state index contributed by atoms with van der Waals surface area (Å²) in [4.78, 5) is 10.2. The number of nitrogens with one attached hydrogen (secondary N) is 1. The molecular weight excluding hydrogens is 282 g/mol. The standard InChI is InChI=1S/C12H17N3O6/c1-7(16)11(18)12(19)10(17)6-13-14-8-4-2-3-5-9(8)15(20)21/h2-7,10-12,14,16-19H,1H3/b13-6-/t7-,10-,11-,12-/m0/s1. The molecule has 1 aromatic rings. The topological polar surface area (TPSA) is 148 Å². The van der Waals surface area contributed by atoms with Crippen LogP contribution in [0.25, 0.3) is 0 Å². The number of hydrogen-bond acceptors (Lipinski definition) is 8. The smallest absolute Gasteiger partial charge is 0.294 e. The number of benzene rings is 1. The van der Waals surface area contributed by atoms with E-state index in [-0.39, 0.29) is 11.4 Å². The van der Waals surface area contributed by atoms with Gasteiger partial charge in [-0.2, -0.15) is 5.10 Å². The van der Waals surface area contributed by atoms with Gasteiger partial charge in [0.2, 0.25) is 0 Å². The predicted octanol–water partition coefficient (Wildman–Crippen LogP) is -0.544. The molecule has 0 heterocycles. The quantitative estimate of drug-likeness (QED) is 0.258. The lowest BCUT2D eigenvalue weighted by molar-refractivity contribution is -0.384. The highest BCUT2D eigenvalue weighted by Gasteiger charge is 2.27. The Kier molecular flexibility index (Phi) is 6.18. The maximum absolute atomic E-state index is 10.8. The third kappa shape index (κ3) is 4.76. The first-order chi connectivity index (χ1) is 9.84. The Balaban J connectivity index is 2.69. The second-order valence-corrected chi connectivity index (χ2v) is 4.38. The van der Waals surface area contributed by atoms with Crippen LogP contribution in [0.3, 0.4) is 0 Å². The molecule has 5 N–H and O–H groups in total. The van der Waals surface area contributed by atoms with Crippen LogP contribution in [0.2, 0.25) is 0 Å². The zero-order valence-electron chi connectivity index (χ0n) is 11.2. The van der Waals surface area contributed by atoms with Gasteiger partial charge in [0, 0.05) is 6.07 Å². The Morgan fingerprint density at radius 3 is 2.43 bits per heavy atom. The molecule has 9 nitrogen and oxygen atoms in total. The second-order valence-electron chi connectivity index (χ2n) is 4.38. The molecule has 1 rings (SSSR count). The molecule has 116 valence electrons. The minimum absolute atomic E-state index is 0.108. The van der Waals surface area contributed by atoms with E-state index in [4.69, 9.17) is 5.11 Å². The van der Waals surface area contributed by atoms with E-state index in [2.05, 4.69) is 10.5 Å². The number of nitrogens with zero attached hydrogens (tertiary/aromatic N) is 2. The van der Waals surface area contributed by atoms with Gasteiger partial charge in [-0.05, 0) is 13.0 Å². The van der Waals surface area contributed by atoms with Gasteiger partial charge in [-0.1, -0.05) is 12.1 Å². The van der Waals surface area contributed by atoms with Crippen LogP contribution >= 0.6 is 0 Å². The van der Waals surface area contributed by atoms with E-state index < -0.39 is 29.3 Å². The van der Waals surface area contributed by atoms with Crippen molar-refractivity contribution in [2.45, 2.75) is 31.3 Å². The fourth-order valence-corrected chi connectivity index (χ4v) is 1.49. The number of hydrogen-bond donors (Lipinski definition) is 5. The van der Waals surface area contributed by atoms with Crippen LogP contribution < -0.4 is 5.43 Å². The van der Waals surface area contributed by atoms with Crippen LogP contribution in [0.1, 0.15) is 6.92 Å². The van der Waals surface area contributed by atoms with Crippen LogP contribution in [0, 0.1) is 10.1 Å². The first-order valence-electron chi connectivity index (χ1n) is 6.09. The van der Waals surface area contributed by atoms with Crippen molar-refractivity contribution in [1.82, 2.24) is 0 Å². The van der Waals surface area contributed by atoms with Gasteiger partial charge in [0.1, 0.15) is 24.0 Å². The van der Waals surface area contributed by atoms with Gasteiger partial charge in [0.15, 0.2) is 0 Å². The SMILES string of the molecule is C[C@H](O)[C@H](O)[C@@H](O)[C@@H](O)/C=N\Nc1ccccc1[N+](=O)[O-]. The van der Waals surface area contributed by atoms with Crippen molar-refractivity contribution in [2.24, 2.45) is 5.10 Å². The summed E-state index contributed by atoms with van der Waals surface area (Å²) in [6.07, 6.45) is -5.09. The zero-order chi connectivity index (χ0) is 16.0. The molecule has 0 spiro atoms. The highest BCUT2D eigenvalue weighted by molar-refractivity contribution is 5.67. The van der Waals surface area contributed by atoms with E-state index in [1.165, 1.54) is 25.1 Å². The van der Waals surface area contributed by atoms with Gasteiger partial charge < -0.3 is 20.4 Å². The maximum atomic E-state index is 10.8. The van der Waals surface area contributed by atoms with Crippen LogP contribution in [0.4, 0.5) is 11.4 Å². The van der Waals surface area contributed by atoms with Crippen LogP contribution in [0.5, 0.6) is 0 Å². The number of nitro benzene ring substituents is 1. The van der Waals surface area contributed by atoms with E-state index in [1.54, 1.807) is 6.07 Å². The molecule has 4 atom stereocenters. The Labute approximate surface area is 120 Å². The molecule has 1 aromatic carbocycles. The van der Waals surface area contributed by atoms with Gasteiger partial charge in [0.05, 0.1) is 17.2 Å². The molecule has 0 saturated carbocycles. The number of rotatable bonds is 7. The number of aliphatic hydroxyl groups excluding tert-OH is 4. The summed E-state index contributed by atoms with van der Waals surface area (Å²) in [5, 5.41) is 51.8. The lowest BCUT2D eigenvalue weighted by Crippen LogP contribution is -2.44. The minimum atomic E-state index is -1.64. The van der Waals surface area contributed by atoms with Gasteiger partial charge in [-0.15, -0.1) is 0 Å². The van der Waals surface area contributed by atoms with Gasteiger partial charge in [-0.3, -0.25) is 15.5 Å². The number of aliphatic hydroxyl groups is 4. The summed E-state index contributed by atoms with van der Waals surface area (Å²) in [5.41, 5.74) is 2.27. The number of para-hydroxylation sites is 2. The Morgan fingerprint density at radius 2 is 1.86 bits per heavy atom. The lowest BCUT2D eigenvalue weighted by atomic mass is 10.1.